The minimum Gasteiger partial charge on any atom is -0.127 e. The van der Waals surface area contributed by atoms with Crippen LogP contribution in [0.1, 0.15) is 91.4 Å². The molecule has 0 amide bonds. The highest BCUT2D eigenvalue weighted by molar-refractivity contribution is 7.37. The van der Waals surface area contributed by atoms with Crippen LogP contribution < -0.4 is 0 Å². The summed E-state index contributed by atoms with van der Waals surface area (Å²) in [7, 11) is 1.25. The molecule has 0 rings (SSSR count). The molecule has 0 bridgehead atoms. The zero-order valence-corrected chi connectivity index (χ0v) is 15.5. The molecule has 0 aliphatic rings. The van der Waals surface area contributed by atoms with Gasteiger partial charge in [-0.15, -0.1) is 20.2 Å². The molecule has 2 heteroatoms. The maximum atomic E-state index is 5.38. The Morgan fingerprint density at radius 3 is 1.32 bits per heavy atom. The Kier molecular flexibility index (Phi) is 27.6. The van der Waals surface area contributed by atoms with Crippen LogP contribution >= 0.6 is 20.2 Å². The Balaban J connectivity index is 0. The summed E-state index contributed by atoms with van der Waals surface area (Å²) >= 11 is 5.38. The van der Waals surface area contributed by atoms with Gasteiger partial charge in [0.2, 0.25) is 0 Å². The van der Waals surface area contributed by atoms with Gasteiger partial charge in [0.15, 0.2) is 0 Å². The van der Waals surface area contributed by atoms with Gasteiger partial charge in [0.1, 0.15) is 0 Å². The van der Waals surface area contributed by atoms with Gasteiger partial charge in [-0.3, -0.25) is 0 Å². The van der Waals surface area contributed by atoms with E-state index >= 15 is 0 Å². The fourth-order valence-electron chi connectivity index (χ4n) is 1.82. The smallest absolute Gasteiger partial charge is 0.0223 e. The molecule has 0 radical (unpaired) electrons. The van der Waals surface area contributed by atoms with Crippen molar-refractivity contribution in [3.63, 3.8) is 0 Å². The second-order valence-corrected chi connectivity index (χ2v) is 7.15. The lowest BCUT2D eigenvalue weighted by Crippen LogP contribution is -1.83. The largest absolute Gasteiger partial charge is 0.127 e. The van der Waals surface area contributed by atoms with E-state index in [1.54, 1.807) is 0 Å². The Hall–Kier alpha value is 0.720. The lowest BCUT2D eigenvalue weighted by Gasteiger charge is -2.01. The monoisotopic (exact) mass is 308 g/mol. The van der Waals surface area contributed by atoms with Crippen molar-refractivity contribution in [2.75, 3.05) is 18.2 Å². The molecule has 0 atom stereocenters. The summed E-state index contributed by atoms with van der Waals surface area (Å²) in [5.74, 6) is 0.827. The van der Waals surface area contributed by atoms with Crippen molar-refractivity contribution in [1.82, 2.24) is 0 Å². The second-order valence-electron chi connectivity index (χ2n) is 5.27. The van der Waals surface area contributed by atoms with E-state index in [4.69, 9.17) is 11.6 Å². The van der Waals surface area contributed by atoms with Crippen LogP contribution in [0.2, 0.25) is 0 Å². The molecule has 0 spiro atoms. The van der Waals surface area contributed by atoms with Gasteiger partial charge in [-0.25, -0.2) is 0 Å². The van der Waals surface area contributed by atoms with E-state index in [0.29, 0.717) is 0 Å². The van der Waals surface area contributed by atoms with Crippen molar-refractivity contribution in [2.24, 2.45) is 0 Å². The Morgan fingerprint density at radius 2 is 1.00 bits per heavy atom. The molecule has 0 heterocycles. The molecule has 118 valence electrons. The van der Waals surface area contributed by atoms with E-state index in [1.807, 2.05) is 0 Å². The zero-order valence-electron chi connectivity index (χ0n) is 13.8. The van der Waals surface area contributed by atoms with E-state index in [0.717, 1.165) is 5.88 Å². The fourth-order valence-corrected chi connectivity index (χ4v) is 3.26. The Labute approximate surface area is 130 Å². The van der Waals surface area contributed by atoms with Crippen molar-refractivity contribution in [2.45, 2.75) is 91.4 Å². The average Bonchev–Trinajstić information content (AvgIpc) is 2.44. The quantitative estimate of drug-likeness (QED) is 0.191. The van der Waals surface area contributed by atoms with Crippen molar-refractivity contribution in [3.8, 4) is 0 Å². The first-order valence-corrected chi connectivity index (χ1v) is 10.5. The molecule has 0 N–H and O–H groups in total. The van der Waals surface area contributed by atoms with E-state index < -0.39 is 0 Å². The fraction of sp³-hybridized carbons (Fsp3) is 1.00. The predicted octanol–water partition coefficient (Wildman–Crippen LogP) is 7.24. The van der Waals surface area contributed by atoms with Crippen LogP contribution in [-0.2, 0) is 0 Å². The highest BCUT2D eigenvalue weighted by atomic mass is 35.5. The standard InChI is InChI=1S/C12H27P.C5H11Cl/c1-3-5-7-9-11-13-12-10-8-6-4-2;1-2-3-4-5-6/h13H,3-12H2,1-2H3;2-5H2,1H3. The van der Waals surface area contributed by atoms with Crippen molar-refractivity contribution >= 4 is 20.2 Å². The van der Waals surface area contributed by atoms with Crippen LogP contribution in [0.4, 0.5) is 0 Å². The summed E-state index contributed by atoms with van der Waals surface area (Å²) in [6, 6.07) is 0. The lowest BCUT2D eigenvalue weighted by atomic mass is 10.2. The minimum absolute atomic E-state index is 0.827. The Morgan fingerprint density at radius 1 is 0.579 bits per heavy atom. The van der Waals surface area contributed by atoms with Crippen molar-refractivity contribution in [1.29, 1.82) is 0 Å². The topological polar surface area (TPSA) is 0 Å². The Bertz CT molecular complexity index is 114. The molecule has 0 saturated heterocycles. The third-order valence-electron chi connectivity index (χ3n) is 3.15. The maximum Gasteiger partial charge on any atom is 0.0223 e. The van der Waals surface area contributed by atoms with Gasteiger partial charge in [-0.2, -0.15) is 0 Å². The van der Waals surface area contributed by atoms with E-state index in [2.05, 4.69) is 20.8 Å². The van der Waals surface area contributed by atoms with Crippen LogP contribution in [0, 0.1) is 0 Å². The molecular formula is C17H38ClP. The lowest BCUT2D eigenvalue weighted by molar-refractivity contribution is 0.698. The molecule has 0 aliphatic carbocycles. The normalized spacial score (nSPS) is 10.1. The van der Waals surface area contributed by atoms with Gasteiger partial charge in [0.05, 0.1) is 0 Å². The van der Waals surface area contributed by atoms with Gasteiger partial charge < -0.3 is 0 Å². The molecule has 0 nitrogen and oxygen atoms in total. The van der Waals surface area contributed by atoms with Crippen molar-refractivity contribution < 1.29 is 0 Å². The molecule has 0 fully saturated rings. The van der Waals surface area contributed by atoms with E-state index in [1.165, 1.54) is 91.5 Å². The zero-order chi connectivity index (χ0) is 14.6. The van der Waals surface area contributed by atoms with Gasteiger partial charge in [-0.1, -0.05) is 72.1 Å². The highest BCUT2D eigenvalue weighted by Gasteiger charge is 1.90. The number of hydrogen-bond acceptors (Lipinski definition) is 0. The SMILES string of the molecule is CCCCCCPCCCCCC.CCCCCCl. The van der Waals surface area contributed by atoms with Crippen LogP contribution in [0.3, 0.4) is 0 Å². The van der Waals surface area contributed by atoms with E-state index in [-0.39, 0.29) is 0 Å². The maximum absolute atomic E-state index is 5.38. The van der Waals surface area contributed by atoms with E-state index in [9.17, 15) is 0 Å². The predicted molar refractivity (Wildman–Crippen MR) is 96.6 cm³/mol. The summed E-state index contributed by atoms with van der Waals surface area (Å²) in [5.41, 5.74) is 0. The van der Waals surface area contributed by atoms with Crippen molar-refractivity contribution in [3.05, 3.63) is 0 Å². The highest BCUT2D eigenvalue weighted by Crippen LogP contribution is 2.16. The van der Waals surface area contributed by atoms with Crippen LogP contribution in [0.5, 0.6) is 0 Å². The molecule has 0 aromatic carbocycles. The summed E-state index contributed by atoms with van der Waals surface area (Å²) in [4.78, 5) is 0. The molecule has 0 aromatic rings. The first kappa shape index (κ1) is 22.0. The third kappa shape index (κ3) is 27.8. The average molecular weight is 309 g/mol. The van der Waals surface area contributed by atoms with Crippen LogP contribution in [-0.4, -0.2) is 18.2 Å². The number of unbranched alkanes of at least 4 members (excludes halogenated alkanes) is 8. The van der Waals surface area contributed by atoms with Crippen LogP contribution in [0.15, 0.2) is 0 Å². The molecular weight excluding hydrogens is 271 g/mol. The second kappa shape index (κ2) is 23.8. The van der Waals surface area contributed by atoms with Gasteiger partial charge in [0.25, 0.3) is 0 Å². The number of halogens is 1. The summed E-state index contributed by atoms with van der Waals surface area (Å²) < 4.78 is 0. The molecule has 0 saturated carbocycles. The summed E-state index contributed by atoms with van der Waals surface area (Å²) in [5, 5.41) is 0. The summed E-state index contributed by atoms with van der Waals surface area (Å²) in [6.45, 7) is 6.74. The molecule has 0 aliphatic heterocycles. The molecule has 0 unspecified atom stereocenters. The molecule has 19 heavy (non-hydrogen) atoms. The number of rotatable bonds is 13. The summed E-state index contributed by atoms with van der Waals surface area (Å²) in [6.07, 6.45) is 18.3. The third-order valence-corrected chi connectivity index (χ3v) is 4.83. The number of hydrogen-bond donors (Lipinski definition) is 0. The minimum atomic E-state index is 0.827. The first-order valence-electron chi connectivity index (χ1n) is 8.60. The van der Waals surface area contributed by atoms with Gasteiger partial charge in [0, 0.05) is 5.88 Å². The molecule has 0 aromatic heterocycles. The number of alkyl halides is 1. The van der Waals surface area contributed by atoms with Crippen LogP contribution in [0.25, 0.3) is 0 Å². The first-order chi connectivity index (χ1) is 9.33. The van der Waals surface area contributed by atoms with Gasteiger partial charge >= 0.3 is 0 Å². The van der Waals surface area contributed by atoms with Gasteiger partial charge in [-0.05, 0) is 31.6 Å².